The smallest absolute Gasteiger partial charge is 0.177 e. The standard InChI is InChI=1S/C6H12N2O/c1-3-7-5-9-6-8-4-2/h5-6H,3-4H2,1-2H3. The Hall–Kier alpha value is -0.860. The average molecular weight is 128 g/mol. The molecule has 0 aliphatic rings. The van der Waals surface area contributed by atoms with E-state index in [1.165, 1.54) is 12.8 Å². The van der Waals surface area contributed by atoms with E-state index >= 15 is 0 Å². The second-order valence-electron chi connectivity index (χ2n) is 1.34. The van der Waals surface area contributed by atoms with Crippen LogP contribution in [0, 0.1) is 0 Å². The Balaban J connectivity index is 3.08. The van der Waals surface area contributed by atoms with E-state index < -0.39 is 0 Å². The molecule has 0 aromatic carbocycles. The predicted octanol–water partition coefficient (Wildman–Crippen LogP) is 1.10. The molecule has 0 saturated heterocycles. The Morgan fingerprint density at radius 1 is 1.11 bits per heavy atom. The summed E-state index contributed by atoms with van der Waals surface area (Å²) < 4.78 is 4.73. The first-order valence-corrected chi connectivity index (χ1v) is 3.03. The van der Waals surface area contributed by atoms with Crippen molar-refractivity contribution >= 4 is 12.8 Å². The maximum atomic E-state index is 4.73. The zero-order valence-electron chi connectivity index (χ0n) is 5.87. The van der Waals surface area contributed by atoms with Crippen LogP contribution in [0.2, 0.25) is 0 Å². The van der Waals surface area contributed by atoms with Crippen LogP contribution < -0.4 is 0 Å². The molecule has 0 unspecified atom stereocenters. The van der Waals surface area contributed by atoms with Gasteiger partial charge >= 0.3 is 0 Å². The van der Waals surface area contributed by atoms with E-state index in [-0.39, 0.29) is 0 Å². The summed E-state index contributed by atoms with van der Waals surface area (Å²) in [4.78, 5) is 7.61. The van der Waals surface area contributed by atoms with Crippen molar-refractivity contribution in [1.29, 1.82) is 0 Å². The molecule has 0 spiro atoms. The van der Waals surface area contributed by atoms with Gasteiger partial charge in [-0.15, -0.1) is 0 Å². The van der Waals surface area contributed by atoms with Gasteiger partial charge in [-0.05, 0) is 13.8 Å². The highest BCUT2D eigenvalue weighted by molar-refractivity contribution is 5.63. The van der Waals surface area contributed by atoms with Gasteiger partial charge in [0.25, 0.3) is 0 Å². The Labute approximate surface area is 55.5 Å². The Kier molecular flexibility index (Phi) is 6.46. The Morgan fingerprint density at radius 2 is 1.56 bits per heavy atom. The molecule has 9 heavy (non-hydrogen) atoms. The highest BCUT2D eigenvalue weighted by atomic mass is 16.5. The molecule has 0 aromatic heterocycles. The molecule has 0 radical (unpaired) electrons. The lowest BCUT2D eigenvalue weighted by Crippen LogP contribution is -1.84. The van der Waals surface area contributed by atoms with Gasteiger partial charge in [0.1, 0.15) is 0 Å². The van der Waals surface area contributed by atoms with Gasteiger partial charge in [0.15, 0.2) is 12.8 Å². The van der Waals surface area contributed by atoms with Crippen LogP contribution in [-0.2, 0) is 4.74 Å². The normalized spacial score (nSPS) is 11.3. The van der Waals surface area contributed by atoms with Crippen LogP contribution in [0.25, 0.3) is 0 Å². The van der Waals surface area contributed by atoms with Crippen molar-refractivity contribution in [2.45, 2.75) is 13.8 Å². The third-order valence-electron chi connectivity index (χ3n) is 0.636. The predicted molar refractivity (Wildman–Crippen MR) is 39.2 cm³/mol. The zero-order valence-corrected chi connectivity index (χ0v) is 5.87. The summed E-state index contributed by atoms with van der Waals surface area (Å²) in [6.07, 6.45) is 2.78. The monoisotopic (exact) mass is 128 g/mol. The highest BCUT2D eigenvalue weighted by Gasteiger charge is 1.66. The van der Waals surface area contributed by atoms with Crippen LogP contribution in [0.15, 0.2) is 9.98 Å². The number of hydrogen-bond donors (Lipinski definition) is 0. The minimum absolute atomic E-state index is 0.750. The zero-order chi connectivity index (χ0) is 6.95. The quantitative estimate of drug-likeness (QED) is 0.412. The molecule has 3 heteroatoms. The Morgan fingerprint density at radius 3 is 1.89 bits per heavy atom. The minimum Gasteiger partial charge on any atom is -0.435 e. The molecule has 52 valence electrons. The molecular formula is C6H12N2O. The summed E-state index contributed by atoms with van der Waals surface area (Å²) in [5.74, 6) is 0. The Bertz CT molecular complexity index is 87.2. The molecule has 0 N–H and O–H groups in total. The van der Waals surface area contributed by atoms with Crippen LogP contribution in [0.5, 0.6) is 0 Å². The molecule has 0 heterocycles. The second-order valence-corrected chi connectivity index (χ2v) is 1.34. The summed E-state index contributed by atoms with van der Waals surface area (Å²) in [7, 11) is 0. The lowest BCUT2D eigenvalue weighted by molar-refractivity contribution is 0.587. The fraction of sp³-hybridized carbons (Fsp3) is 0.667. The fourth-order valence-corrected chi connectivity index (χ4v) is 0.262. The first-order valence-electron chi connectivity index (χ1n) is 3.03. The van der Waals surface area contributed by atoms with Crippen LogP contribution in [0.1, 0.15) is 13.8 Å². The number of aliphatic imine (C=N–C) groups is 2. The second kappa shape index (κ2) is 7.14. The van der Waals surface area contributed by atoms with Crippen molar-refractivity contribution in [2.24, 2.45) is 9.98 Å². The van der Waals surface area contributed by atoms with E-state index in [4.69, 9.17) is 4.74 Å². The SMILES string of the molecule is CCN=COC=NCC. The summed E-state index contributed by atoms with van der Waals surface area (Å²) in [5.41, 5.74) is 0. The van der Waals surface area contributed by atoms with Gasteiger partial charge in [0, 0.05) is 13.1 Å². The van der Waals surface area contributed by atoms with E-state index in [9.17, 15) is 0 Å². The topological polar surface area (TPSA) is 34.0 Å². The number of ether oxygens (including phenoxy) is 1. The van der Waals surface area contributed by atoms with E-state index in [1.807, 2.05) is 13.8 Å². The first-order chi connectivity index (χ1) is 4.41. The maximum Gasteiger partial charge on any atom is 0.177 e. The van der Waals surface area contributed by atoms with Gasteiger partial charge in [-0.25, -0.2) is 0 Å². The van der Waals surface area contributed by atoms with Gasteiger partial charge in [-0.3, -0.25) is 9.98 Å². The van der Waals surface area contributed by atoms with Crippen molar-refractivity contribution < 1.29 is 4.74 Å². The lowest BCUT2D eigenvalue weighted by Gasteiger charge is -1.84. The van der Waals surface area contributed by atoms with E-state index in [0.29, 0.717) is 0 Å². The molecular weight excluding hydrogens is 116 g/mol. The molecule has 0 bridgehead atoms. The third kappa shape index (κ3) is 7.14. The molecule has 0 atom stereocenters. The van der Waals surface area contributed by atoms with E-state index in [1.54, 1.807) is 0 Å². The third-order valence-corrected chi connectivity index (χ3v) is 0.636. The molecule has 0 aliphatic carbocycles. The lowest BCUT2D eigenvalue weighted by atomic mass is 10.8. The van der Waals surface area contributed by atoms with Crippen molar-refractivity contribution in [3.05, 3.63) is 0 Å². The number of nitrogens with zero attached hydrogens (tertiary/aromatic N) is 2. The van der Waals surface area contributed by atoms with Gasteiger partial charge in [-0.1, -0.05) is 0 Å². The van der Waals surface area contributed by atoms with Gasteiger partial charge in [0.05, 0.1) is 0 Å². The summed E-state index contributed by atoms with van der Waals surface area (Å²) >= 11 is 0. The molecule has 0 rings (SSSR count). The minimum atomic E-state index is 0.750. The molecule has 0 amide bonds. The maximum absolute atomic E-state index is 4.73. The van der Waals surface area contributed by atoms with Crippen molar-refractivity contribution in [2.75, 3.05) is 13.1 Å². The van der Waals surface area contributed by atoms with Crippen molar-refractivity contribution in [1.82, 2.24) is 0 Å². The van der Waals surface area contributed by atoms with E-state index in [2.05, 4.69) is 9.98 Å². The van der Waals surface area contributed by atoms with Crippen LogP contribution in [-0.4, -0.2) is 25.9 Å². The fourth-order valence-electron chi connectivity index (χ4n) is 0.262. The van der Waals surface area contributed by atoms with Gasteiger partial charge in [0.2, 0.25) is 0 Å². The number of hydrogen-bond acceptors (Lipinski definition) is 3. The van der Waals surface area contributed by atoms with Crippen molar-refractivity contribution in [3.63, 3.8) is 0 Å². The first kappa shape index (κ1) is 8.14. The van der Waals surface area contributed by atoms with Crippen molar-refractivity contribution in [3.8, 4) is 0 Å². The van der Waals surface area contributed by atoms with Crippen LogP contribution in [0.4, 0.5) is 0 Å². The summed E-state index contributed by atoms with van der Waals surface area (Å²) in [6, 6.07) is 0. The van der Waals surface area contributed by atoms with Crippen LogP contribution >= 0.6 is 0 Å². The van der Waals surface area contributed by atoms with Gasteiger partial charge in [-0.2, -0.15) is 0 Å². The summed E-state index contributed by atoms with van der Waals surface area (Å²) in [6.45, 7) is 5.38. The molecule has 0 aromatic rings. The molecule has 0 aliphatic heterocycles. The molecule has 3 nitrogen and oxygen atoms in total. The summed E-state index contributed by atoms with van der Waals surface area (Å²) in [5, 5.41) is 0. The highest BCUT2D eigenvalue weighted by Crippen LogP contribution is 1.66. The number of rotatable bonds is 4. The van der Waals surface area contributed by atoms with Crippen LogP contribution in [0.3, 0.4) is 0 Å². The molecule has 0 saturated carbocycles. The molecule has 0 fully saturated rings. The average Bonchev–Trinajstić information content (AvgIpc) is 1.89. The van der Waals surface area contributed by atoms with Gasteiger partial charge < -0.3 is 4.74 Å². The largest absolute Gasteiger partial charge is 0.435 e. The van der Waals surface area contributed by atoms with E-state index in [0.717, 1.165) is 13.1 Å².